The van der Waals surface area contributed by atoms with Crippen LogP contribution in [0.15, 0.2) is 63.3 Å². The number of nitrogens with zero attached hydrogens (tertiary/aromatic N) is 4. The number of nitrogens with two attached hydrogens (primary N) is 1. The standard InChI is InChI=1S/C29H25ClF3N3O5S2.C5H8N2O/c1-16-11-23-25(26(34-16)19-5-4-6-20(30)14-19)27(29(31,32)33)35-36(23)15-18-7-8-21(24(13-18)41-10-9-40-3)22-12-17(2)42-28(22)43(37,38)39;1-3-4(2)8-7-5(3)6/h4-8,11-14H,9-10,15H2,1-3H3,(H,37,38,39);1-2H3,(H2,6,7). The predicted molar refractivity (Wildman–Crippen MR) is 189 cm³/mol. The molecule has 17 heteroatoms. The first-order chi connectivity index (χ1) is 24.0. The van der Waals surface area contributed by atoms with Crippen LogP contribution in [0.2, 0.25) is 5.02 Å². The highest BCUT2D eigenvalue weighted by Gasteiger charge is 2.38. The molecule has 51 heavy (non-hydrogen) atoms. The van der Waals surface area contributed by atoms with Gasteiger partial charge in [-0.1, -0.05) is 41.0 Å². The van der Waals surface area contributed by atoms with Crippen LogP contribution in [0.25, 0.3) is 33.3 Å². The van der Waals surface area contributed by atoms with Gasteiger partial charge in [0.1, 0.15) is 18.1 Å². The van der Waals surface area contributed by atoms with E-state index in [9.17, 15) is 26.1 Å². The Morgan fingerprint density at radius 1 is 1.04 bits per heavy atom. The Labute approximate surface area is 300 Å². The van der Waals surface area contributed by atoms with Gasteiger partial charge in [0.2, 0.25) is 0 Å². The van der Waals surface area contributed by atoms with Crippen molar-refractivity contribution in [3.63, 3.8) is 0 Å². The Hall–Kier alpha value is -4.48. The smallest absolute Gasteiger partial charge is 0.435 e. The van der Waals surface area contributed by atoms with Gasteiger partial charge in [0.25, 0.3) is 0 Å². The number of methoxy groups -OCH3 is 1. The third-order valence-corrected chi connectivity index (χ3v) is 10.3. The SMILES string of the molecule is COCCOc1cc(Cn2nc(C(F)(F)F)c3c(-c4cccc(Cl)c4)nc(C)cc32)ccc1-c1cc(C)sc1S(=O)(=O)O.Cc1onc(N)c1C. The highest BCUT2D eigenvalue weighted by Crippen LogP contribution is 2.42. The summed E-state index contributed by atoms with van der Waals surface area (Å²) in [5.41, 5.74) is 7.61. The third-order valence-electron chi connectivity index (χ3n) is 7.69. The quantitative estimate of drug-likeness (QED) is 0.109. The van der Waals surface area contributed by atoms with Crippen molar-refractivity contribution in [2.24, 2.45) is 0 Å². The van der Waals surface area contributed by atoms with E-state index < -0.39 is 22.0 Å². The third kappa shape index (κ3) is 8.53. The number of alkyl halides is 3. The number of hydrogen-bond acceptors (Lipinski definition) is 10. The van der Waals surface area contributed by atoms with Crippen molar-refractivity contribution in [2.45, 2.75) is 44.6 Å². The fourth-order valence-corrected chi connectivity index (χ4v) is 7.40. The van der Waals surface area contributed by atoms with Gasteiger partial charge < -0.3 is 19.7 Å². The molecule has 0 atom stereocenters. The summed E-state index contributed by atoms with van der Waals surface area (Å²) in [6, 6.07) is 14.5. The van der Waals surface area contributed by atoms with Crippen molar-refractivity contribution >= 4 is 49.8 Å². The molecule has 0 aliphatic heterocycles. The number of fused-ring (bicyclic) bond motifs is 1. The lowest BCUT2D eigenvalue weighted by Gasteiger charge is -2.14. The summed E-state index contributed by atoms with van der Waals surface area (Å²) in [7, 11) is -3.03. The summed E-state index contributed by atoms with van der Waals surface area (Å²) in [5.74, 6) is 1.55. The highest BCUT2D eigenvalue weighted by molar-refractivity contribution is 7.88. The monoisotopic (exact) mass is 763 g/mol. The largest absolute Gasteiger partial charge is 0.491 e. The molecule has 0 saturated carbocycles. The number of anilines is 1. The highest BCUT2D eigenvalue weighted by atomic mass is 35.5. The molecule has 270 valence electrons. The number of pyridine rings is 1. The lowest BCUT2D eigenvalue weighted by atomic mass is 10.0. The molecule has 0 spiro atoms. The Balaban J connectivity index is 0.000000556. The normalized spacial score (nSPS) is 11.9. The number of halogens is 4. The van der Waals surface area contributed by atoms with E-state index in [4.69, 9.17) is 31.3 Å². The summed E-state index contributed by atoms with van der Waals surface area (Å²) in [5, 5.41) is 7.71. The van der Waals surface area contributed by atoms with E-state index in [1.54, 1.807) is 68.4 Å². The number of thiophene rings is 1. The minimum absolute atomic E-state index is 0.0697. The van der Waals surface area contributed by atoms with Crippen molar-refractivity contribution < 1.29 is 40.1 Å². The molecular weight excluding hydrogens is 731 g/mol. The second kappa shape index (κ2) is 15.0. The van der Waals surface area contributed by atoms with Gasteiger partial charge >= 0.3 is 16.3 Å². The maximum absolute atomic E-state index is 14.3. The predicted octanol–water partition coefficient (Wildman–Crippen LogP) is 8.31. The van der Waals surface area contributed by atoms with Crippen molar-refractivity contribution in [3.05, 3.63) is 92.8 Å². The minimum atomic E-state index is -4.77. The zero-order valence-corrected chi connectivity index (χ0v) is 30.4. The fraction of sp³-hybridized carbons (Fsp3) is 0.265. The van der Waals surface area contributed by atoms with Gasteiger partial charge in [-0.15, -0.1) is 11.3 Å². The molecule has 0 saturated heterocycles. The molecule has 0 bridgehead atoms. The molecule has 6 rings (SSSR count). The Kier molecular flexibility index (Phi) is 11.1. The molecule has 4 aromatic heterocycles. The zero-order valence-electron chi connectivity index (χ0n) is 28.0. The summed E-state index contributed by atoms with van der Waals surface area (Å²) in [6.07, 6.45) is -4.77. The van der Waals surface area contributed by atoms with Gasteiger partial charge in [-0.2, -0.15) is 26.7 Å². The number of aromatic nitrogens is 4. The van der Waals surface area contributed by atoms with E-state index in [-0.39, 0.29) is 51.9 Å². The minimum Gasteiger partial charge on any atom is -0.491 e. The van der Waals surface area contributed by atoms with E-state index in [1.807, 2.05) is 13.8 Å². The van der Waals surface area contributed by atoms with Crippen LogP contribution in [0, 0.1) is 27.7 Å². The Morgan fingerprint density at radius 2 is 1.78 bits per heavy atom. The van der Waals surface area contributed by atoms with Crippen LogP contribution >= 0.6 is 22.9 Å². The van der Waals surface area contributed by atoms with Gasteiger partial charge in [-0.05, 0) is 63.6 Å². The van der Waals surface area contributed by atoms with E-state index in [0.29, 0.717) is 38.1 Å². The average Bonchev–Trinajstić information content (AvgIpc) is 3.72. The Bertz CT molecular complexity index is 2300. The van der Waals surface area contributed by atoms with Gasteiger partial charge in [-0.3, -0.25) is 14.2 Å². The molecule has 0 unspecified atom stereocenters. The average molecular weight is 764 g/mol. The molecule has 11 nitrogen and oxygen atoms in total. The molecule has 0 aliphatic rings. The first kappa shape index (κ1) is 37.8. The van der Waals surface area contributed by atoms with E-state index >= 15 is 0 Å². The summed E-state index contributed by atoms with van der Waals surface area (Å²) >= 11 is 7.06. The van der Waals surface area contributed by atoms with Crippen LogP contribution in [0.4, 0.5) is 19.0 Å². The number of ether oxygens (including phenoxy) is 2. The Morgan fingerprint density at radius 3 is 2.37 bits per heavy atom. The second-order valence-electron chi connectivity index (χ2n) is 11.5. The molecule has 3 N–H and O–H groups in total. The van der Waals surface area contributed by atoms with E-state index in [2.05, 4.69) is 15.2 Å². The van der Waals surface area contributed by atoms with Crippen LogP contribution in [-0.2, 0) is 27.6 Å². The summed E-state index contributed by atoms with van der Waals surface area (Å²) in [4.78, 5) is 5.08. The first-order valence-corrected chi connectivity index (χ1v) is 17.8. The van der Waals surface area contributed by atoms with E-state index in [0.717, 1.165) is 22.7 Å². The maximum Gasteiger partial charge on any atom is 0.435 e. The summed E-state index contributed by atoms with van der Waals surface area (Å²) < 4.78 is 93.7. The molecule has 0 amide bonds. The first-order valence-electron chi connectivity index (χ1n) is 15.2. The van der Waals surface area contributed by atoms with Gasteiger partial charge in [-0.25, -0.2) is 0 Å². The molecule has 2 aromatic carbocycles. The van der Waals surface area contributed by atoms with Crippen LogP contribution in [0.3, 0.4) is 0 Å². The molecule has 0 radical (unpaired) electrons. The number of hydrogen-bond donors (Lipinski definition) is 2. The van der Waals surface area contributed by atoms with Gasteiger partial charge in [0, 0.05) is 45.0 Å². The molecule has 0 aliphatic carbocycles. The van der Waals surface area contributed by atoms with Crippen molar-refractivity contribution in [2.75, 3.05) is 26.1 Å². The number of rotatable bonds is 9. The molecule has 0 fully saturated rings. The summed E-state index contributed by atoms with van der Waals surface area (Å²) in [6.45, 7) is 7.38. The van der Waals surface area contributed by atoms with Crippen molar-refractivity contribution in [3.8, 4) is 28.1 Å². The van der Waals surface area contributed by atoms with Crippen LogP contribution in [-0.4, -0.2) is 53.2 Å². The lowest BCUT2D eigenvalue weighted by molar-refractivity contribution is -0.140. The fourth-order valence-electron chi connectivity index (χ4n) is 5.20. The van der Waals surface area contributed by atoms with Crippen molar-refractivity contribution in [1.29, 1.82) is 0 Å². The van der Waals surface area contributed by atoms with Crippen LogP contribution < -0.4 is 10.5 Å². The second-order valence-corrected chi connectivity index (χ2v) is 14.8. The van der Waals surface area contributed by atoms with Crippen LogP contribution in [0.1, 0.15) is 33.2 Å². The van der Waals surface area contributed by atoms with Crippen LogP contribution in [0.5, 0.6) is 5.75 Å². The zero-order chi connectivity index (χ0) is 37.2. The number of aryl methyl sites for hydroxylation is 3. The number of nitrogen functional groups attached to an aromatic ring is 1. The molecule has 4 heterocycles. The van der Waals surface area contributed by atoms with E-state index in [1.165, 1.54) is 11.8 Å². The molecule has 6 aromatic rings. The van der Waals surface area contributed by atoms with Gasteiger partial charge in [0.15, 0.2) is 15.7 Å². The lowest BCUT2D eigenvalue weighted by Crippen LogP contribution is -2.09. The van der Waals surface area contributed by atoms with Gasteiger partial charge in [0.05, 0.1) is 29.7 Å². The maximum atomic E-state index is 14.3. The molecular formula is C34H33ClF3N5O6S2. The van der Waals surface area contributed by atoms with Crippen molar-refractivity contribution in [1.82, 2.24) is 19.9 Å². The topological polar surface area (TPSA) is 156 Å². The number of benzene rings is 2.